The van der Waals surface area contributed by atoms with Crippen LogP contribution in [0.15, 0.2) is 24.3 Å². The number of amidine groups is 1. The molecule has 0 aromatic heterocycles. The second kappa shape index (κ2) is 4.98. The van der Waals surface area contributed by atoms with Crippen LogP contribution >= 0.6 is 11.6 Å². The Kier molecular flexibility index (Phi) is 3.57. The first-order chi connectivity index (χ1) is 8.50. The number of carbonyl (C=O) groups is 1. The Balaban J connectivity index is 2.37. The molecule has 96 valence electrons. The van der Waals surface area contributed by atoms with Crippen molar-refractivity contribution in [3.63, 3.8) is 0 Å². The number of carbonyl (C=O) groups excluding carboxylic acids is 1. The van der Waals surface area contributed by atoms with E-state index < -0.39 is 6.04 Å². The molecule has 0 saturated carbocycles. The maximum atomic E-state index is 11.8. The summed E-state index contributed by atoms with van der Waals surface area (Å²) >= 11 is 6.16. The highest BCUT2D eigenvalue weighted by molar-refractivity contribution is 6.31. The van der Waals surface area contributed by atoms with Crippen LogP contribution in [0.2, 0.25) is 5.02 Å². The van der Waals surface area contributed by atoms with Gasteiger partial charge < -0.3 is 4.90 Å². The van der Waals surface area contributed by atoms with Gasteiger partial charge in [0.2, 0.25) is 0 Å². The molecular weight excluding hydrogens is 250 g/mol. The second-order valence-corrected chi connectivity index (χ2v) is 5.22. The molecule has 1 aromatic rings. The normalized spacial score (nSPS) is 19.6. The van der Waals surface area contributed by atoms with Crippen molar-refractivity contribution >= 4 is 23.5 Å². The molecule has 1 aromatic carbocycles. The maximum absolute atomic E-state index is 11.8. The molecule has 0 bridgehead atoms. The fraction of sp³-hybridized carbons (Fsp3) is 0.385. The van der Waals surface area contributed by atoms with Crippen molar-refractivity contribution in [2.75, 3.05) is 6.54 Å². The molecule has 1 aliphatic rings. The van der Waals surface area contributed by atoms with E-state index in [0.29, 0.717) is 17.5 Å². The summed E-state index contributed by atoms with van der Waals surface area (Å²) in [5, 5.41) is 11.1. The van der Waals surface area contributed by atoms with Crippen molar-refractivity contribution in [3.8, 4) is 0 Å². The van der Waals surface area contributed by atoms with Crippen LogP contribution in [-0.2, 0) is 0 Å². The van der Waals surface area contributed by atoms with E-state index in [0.717, 1.165) is 5.56 Å². The minimum absolute atomic E-state index is 0.189. The molecule has 1 heterocycles. The van der Waals surface area contributed by atoms with E-state index in [4.69, 9.17) is 17.0 Å². The van der Waals surface area contributed by atoms with Crippen LogP contribution in [0.3, 0.4) is 0 Å². The number of halogens is 1. The first-order valence-electron chi connectivity index (χ1n) is 5.91. The average Bonchev–Trinajstić information content (AvgIpc) is 2.55. The van der Waals surface area contributed by atoms with Gasteiger partial charge in [-0.3, -0.25) is 10.7 Å². The maximum Gasteiger partial charge on any atom is 0.323 e. The molecule has 2 N–H and O–H groups in total. The molecule has 1 unspecified atom stereocenters. The van der Waals surface area contributed by atoms with Crippen molar-refractivity contribution in [2.45, 2.75) is 19.9 Å². The van der Waals surface area contributed by atoms with Gasteiger partial charge in [-0.15, -0.1) is 0 Å². The lowest BCUT2D eigenvalue weighted by Crippen LogP contribution is -2.33. The van der Waals surface area contributed by atoms with E-state index in [9.17, 15) is 4.79 Å². The molecule has 4 nitrogen and oxygen atoms in total. The highest BCUT2D eigenvalue weighted by Crippen LogP contribution is 2.31. The molecule has 5 heteroatoms. The number of hydrogen-bond acceptors (Lipinski definition) is 2. The quantitative estimate of drug-likeness (QED) is 0.867. The molecule has 1 atom stereocenters. The summed E-state index contributed by atoms with van der Waals surface area (Å²) in [7, 11) is 0. The number of urea groups is 1. The highest BCUT2D eigenvalue weighted by Gasteiger charge is 2.37. The van der Waals surface area contributed by atoms with Crippen LogP contribution < -0.4 is 5.32 Å². The predicted octanol–water partition coefficient (Wildman–Crippen LogP) is 3.04. The molecule has 1 aliphatic heterocycles. The number of amides is 2. The molecule has 1 fully saturated rings. The van der Waals surface area contributed by atoms with E-state index in [2.05, 4.69) is 5.32 Å². The van der Waals surface area contributed by atoms with Crippen molar-refractivity contribution < 1.29 is 4.79 Å². The number of benzene rings is 1. The monoisotopic (exact) mass is 265 g/mol. The SMILES string of the molecule is CC(C)CN1C(=O)NC(=N)C1c1ccccc1Cl. The molecule has 18 heavy (non-hydrogen) atoms. The summed E-state index contributed by atoms with van der Waals surface area (Å²) in [5.74, 6) is 0.528. The third kappa shape index (κ3) is 2.34. The Morgan fingerprint density at radius 2 is 2.11 bits per heavy atom. The zero-order chi connectivity index (χ0) is 13.3. The van der Waals surface area contributed by atoms with Crippen LogP contribution in [0.5, 0.6) is 0 Å². The summed E-state index contributed by atoms with van der Waals surface area (Å²) in [5.41, 5.74) is 0.795. The van der Waals surface area contributed by atoms with Gasteiger partial charge in [-0.2, -0.15) is 0 Å². The number of nitrogens with zero attached hydrogens (tertiary/aromatic N) is 1. The van der Waals surface area contributed by atoms with E-state index in [1.165, 1.54) is 0 Å². The first kappa shape index (κ1) is 12.9. The summed E-state index contributed by atoms with van der Waals surface area (Å²) in [6.07, 6.45) is 0. The largest absolute Gasteiger partial charge is 0.323 e. The lowest BCUT2D eigenvalue weighted by Gasteiger charge is -2.25. The molecule has 0 radical (unpaired) electrons. The number of hydrogen-bond donors (Lipinski definition) is 2. The van der Waals surface area contributed by atoms with Gasteiger partial charge in [0.15, 0.2) is 0 Å². The zero-order valence-corrected chi connectivity index (χ0v) is 11.2. The first-order valence-corrected chi connectivity index (χ1v) is 6.29. The Morgan fingerprint density at radius 3 is 2.72 bits per heavy atom. The summed E-state index contributed by atoms with van der Waals surface area (Å²) in [6.45, 7) is 4.68. The molecule has 0 aliphatic carbocycles. The summed E-state index contributed by atoms with van der Waals surface area (Å²) < 4.78 is 0. The predicted molar refractivity (Wildman–Crippen MR) is 72.0 cm³/mol. The smallest absolute Gasteiger partial charge is 0.310 e. The van der Waals surface area contributed by atoms with Gasteiger partial charge in [0.1, 0.15) is 11.9 Å². The lowest BCUT2D eigenvalue weighted by atomic mass is 10.0. The summed E-state index contributed by atoms with van der Waals surface area (Å²) in [6, 6.07) is 6.72. The van der Waals surface area contributed by atoms with Crippen LogP contribution in [0.4, 0.5) is 4.79 Å². The average molecular weight is 266 g/mol. The Bertz CT molecular complexity index is 487. The fourth-order valence-corrected chi connectivity index (χ4v) is 2.37. The van der Waals surface area contributed by atoms with Crippen molar-refractivity contribution in [2.24, 2.45) is 5.92 Å². The topological polar surface area (TPSA) is 56.2 Å². The fourth-order valence-electron chi connectivity index (χ4n) is 2.13. The van der Waals surface area contributed by atoms with Gasteiger partial charge in [-0.25, -0.2) is 4.79 Å². The highest BCUT2D eigenvalue weighted by atomic mass is 35.5. The minimum Gasteiger partial charge on any atom is -0.310 e. The third-order valence-corrected chi connectivity index (χ3v) is 3.19. The molecule has 2 rings (SSSR count). The number of nitrogens with one attached hydrogen (secondary N) is 2. The van der Waals surface area contributed by atoms with E-state index in [1.807, 2.05) is 32.0 Å². The van der Waals surface area contributed by atoms with Crippen LogP contribution in [0.1, 0.15) is 25.5 Å². The third-order valence-electron chi connectivity index (χ3n) is 2.85. The van der Waals surface area contributed by atoms with Crippen LogP contribution in [-0.4, -0.2) is 23.3 Å². The van der Waals surface area contributed by atoms with Gasteiger partial charge in [0.05, 0.1) is 0 Å². The number of rotatable bonds is 3. The Morgan fingerprint density at radius 1 is 1.44 bits per heavy atom. The lowest BCUT2D eigenvalue weighted by molar-refractivity contribution is 0.198. The van der Waals surface area contributed by atoms with Gasteiger partial charge in [-0.05, 0) is 12.0 Å². The molecule has 1 saturated heterocycles. The van der Waals surface area contributed by atoms with Gasteiger partial charge in [0.25, 0.3) is 0 Å². The molecular formula is C13H16ClN3O. The Hall–Kier alpha value is -1.55. The minimum atomic E-state index is -0.395. The van der Waals surface area contributed by atoms with E-state index in [-0.39, 0.29) is 11.9 Å². The zero-order valence-electron chi connectivity index (χ0n) is 10.4. The van der Waals surface area contributed by atoms with E-state index >= 15 is 0 Å². The van der Waals surface area contributed by atoms with Crippen LogP contribution in [0, 0.1) is 11.3 Å². The van der Waals surface area contributed by atoms with Crippen molar-refractivity contribution in [3.05, 3.63) is 34.9 Å². The van der Waals surface area contributed by atoms with E-state index in [1.54, 1.807) is 11.0 Å². The van der Waals surface area contributed by atoms with Gasteiger partial charge in [-0.1, -0.05) is 43.6 Å². The standard InChI is InChI=1S/C13H16ClN3O/c1-8(2)7-17-11(12(15)16-13(17)18)9-5-3-4-6-10(9)14/h3-6,8,11H,7H2,1-2H3,(H2,15,16,18). The van der Waals surface area contributed by atoms with Crippen molar-refractivity contribution in [1.29, 1.82) is 5.41 Å². The Labute approximate surface area is 111 Å². The van der Waals surface area contributed by atoms with Crippen LogP contribution in [0.25, 0.3) is 0 Å². The van der Waals surface area contributed by atoms with Gasteiger partial charge in [0, 0.05) is 17.1 Å². The van der Waals surface area contributed by atoms with Crippen molar-refractivity contribution in [1.82, 2.24) is 10.2 Å². The molecule has 2 amide bonds. The summed E-state index contributed by atoms with van der Waals surface area (Å²) in [4.78, 5) is 13.5. The van der Waals surface area contributed by atoms with Gasteiger partial charge >= 0.3 is 6.03 Å². The molecule has 0 spiro atoms. The second-order valence-electron chi connectivity index (χ2n) is 4.81.